The first-order valence-electron chi connectivity index (χ1n) is 7.29. The van der Waals surface area contributed by atoms with Crippen LogP contribution in [0.1, 0.15) is 37.8 Å². The van der Waals surface area contributed by atoms with Crippen LogP contribution in [0.3, 0.4) is 0 Å². The van der Waals surface area contributed by atoms with Crippen molar-refractivity contribution in [3.63, 3.8) is 0 Å². The van der Waals surface area contributed by atoms with E-state index in [4.69, 9.17) is 13.9 Å². The van der Waals surface area contributed by atoms with Crippen LogP contribution in [-0.2, 0) is 5.75 Å². The molecule has 0 aliphatic carbocycles. The van der Waals surface area contributed by atoms with Gasteiger partial charge in [-0.2, -0.15) is 0 Å². The molecule has 2 aromatic rings. The lowest BCUT2D eigenvalue weighted by Crippen LogP contribution is -2.54. The fraction of sp³-hybridized carbons (Fsp3) is 0.467. The second-order valence-corrected chi connectivity index (χ2v) is 6.64. The SMILES string of the molecule is CC(C)C[C@H]([NH3+])c1nnc(SCc2ccc3c(c2)OCO3)o1. The van der Waals surface area contributed by atoms with Crippen LogP contribution in [0.2, 0.25) is 0 Å². The van der Waals surface area contributed by atoms with Crippen LogP contribution >= 0.6 is 11.8 Å². The second-order valence-electron chi connectivity index (χ2n) is 5.71. The Labute approximate surface area is 133 Å². The van der Waals surface area contributed by atoms with E-state index in [9.17, 15) is 0 Å². The molecule has 6 nitrogen and oxygen atoms in total. The quantitative estimate of drug-likeness (QED) is 0.822. The Kier molecular flexibility index (Phi) is 4.54. The molecule has 0 amide bonds. The van der Waals surface area contributed by atoms with E-state index in [1.807, 2.05) is 18.2 Å². The molecule has 0 spiro atoms. The molecule has 7 heteroatoms. The maximum absolute atomic E-state index is 5.68. The van der Waals surface area contributed by atoms with E-state index in [1.165, 1.54) is 11.8 Å². The molecule has 1 aliphatic heterocycles. The van der Waals surface area contributed by atoms with Gasteiger partial charge in [0.25, 0.3) is 11.1 Å². The molecular formula is C15H20N3O3S+. The molecule has 0 fully saturated rings. The molecule has 1 aromatic carbocycles. The summed E-state index contributed by atoms with van der Waals surface area (Å²) in [7, 11) is 0. The molecule has 0 radical (unpaired) electrons. The lowest BCUT2D eigenvalue weighted by atomic mass is 10.1. The van der Waals surface area contributed by atoms with E-state index in [1.54, 1.807) is 0 Å². The van der Waals surface area contributed by atoms with Crippen molar-refractivity contribution >= 4 is 11.8 Å². The van der Waals surface area contributed by atoms with Crippen LogP contribution in [0.25, 0.3) is 0 Å². The van der Waals surface area contributed by atoms with E-state index in [-0.39, 0.29) is 6.04 Å². The van der Waals surface area contributed by atoms with Crippen molar-refractivity contribution in [1.82, 2.24) is 10.2 Å². The first-order chi connectivity index (χ1) is 10.6. The molecule has 3 N–H and O–H groups in total. The van der Waals surface area contributed by atoms with Gasteiger partial charge in [-0.25, -0.2) is 0 Å². The van der Waals surface area contributed by atoms with Gasteiger partial charge in [0.2, 0.25) is 6.79 Å². The molecule has 1 atom stereocenters. The van der Waals surface area contributed by atoms with Gasteiger partial charge >= 0.3 is 0 Å². The maximum Gasteiger partial charge on any atom is 0.277 e. The summed E-state index contributed by atoms with van der Waals surface area (Å²) < 4.78 is 16.4. The summed E-state index contributed by atoms with van der Waals surface area (Å²) in [4.78, 5) is 0. The highest BCUT2D eigenvalue weighted by molar-refractivity contribution is 7.98. The number of ether oxygens (including phenoxy) is 2. The summed E-state index contributed by atoms with van der Waals surface area (Å²) in [5.41, 5.74) is 5.21. The third kappa shape index (κ3) is 3.53. The van der Waals surface area contributed by atoms with Gasteiger partial charge in [-0.05, 0) is 23.6 Å². The minimum absolute atomic E-state index is 0.0485. The van der Waals surface area contributed by atoms with E-state index in [0.717, 1.165) is 29.2 Å². The molecule has 3 rings (SSSR count). The lowest BCUT2D eigenvalue weighted by molar-refractivity contribution is -0.435. The Morgan fingerprint density at radius 2 is 2.05 bits per heavy atom. The largest absolute Gasteiger partial charge is 0.454 e. The van der Waals surface area contributed by atoms with Crippen LogP contribution < -0.4 is 15.2 Å². The molecule has 0 bridgehead atoms. The minimum atomic E-state index is 0.0485. The van der Waals surface area contributed by atoms with Gasteiger partial charge < -0.3 is 19.6 Å². The molecule has 0 unspecified atom stereocenters. The number of aromatic nitrogens is 2. The summed E-state index contributed by atoms with van der Waals surface area (Å²) >= 11 is 1.51. The molecular weight excluding hydrogens is 302 g/mol. The van der Waals surface area contributed by atoms with Gasteiger partial charge in [0.1, 0.15) is 0 Å². The van der Waals surface area contributed by atoms with Crippen molar-refractivity contribution in [2.75, 3.05) is 6.79 Å². The number of benzene rings is 1. The Morgan fingerprint density at radius 1 is 1.23 bits per heavy atom. The van der Waals surface area contributed by atoms with Crippen LogP contribution in [0.4, 0.5) is 0 Å². The second kappa shape index (κ2) is 6.58. The molecule has 1 aromatic heterocycles. The average Bonchev–Trinajstić information content (AvgIpc) is 3.13. The third-order valence-electron chi connectivity index (χ3n) is 3.33. The predicted octanol–water partition coefficient (Wildman–Crippen LogP) is 2.42. The van der Waals surface area contributed by atoms with Crippen molar-refractivity contribution in [3.8, 4) is 11.5 Å². The summed E-state index contributed by atoms with van der Waals surface area (Å²) in [5, 5.41) is 8.75. The zero-order valence-corrected chi connectivity index (χ0v) is 13.6. The van der Waals surface area contributed by atoms with E-state index >= 15 is 0 Å². The highest BCUT2D eigenvalue weighted by Gasteiger charge is 2.19. The first-order valence-corrected chi connectivity index (χ1v) is 8.28. The van der Waals surface area contributed by atoms with Crippen LogP contribution in [0.5, 0.6) is 11.5 Å². The number of quaternary nitrogens is 1. The number of hydrogen-bond donors (Lipinski definition) is 1. The Hall–Kier alpha value is -1.73. The van der Waals surface area contributed by atoms with Gasteiger partial charge in [-0.1, -0.05) is 31.7 Å². The van der Waals surface area contributed by atoms with Crippen molar-refractivity contribution in [3.05, 3.63) is 29.7 Å². The number of rotatable bonds is 6. The smallest absolute Gasteiger partial charge is 0.277 e. The monoisotopic (exact) mass is 322 g/mol. The standard InChI is InChI=1S/C15H19N3O3S/c1-9(2)5-11(16)14-17-18-15(21-14)22-7-10-3-4-12-13(6-10)20-8-19-12/h3-4,6,9,11H,5,7-8,16H2,1-2H3/p+1/t11-/m0/s1. The molecule has 0 saturated carbocycles. The van der Waals surface area contributed by atoms with Gasteiger partial charge in [-0.15, -0.1) is 10.2 Å². The van der Waals surface area contributed by atoms with Crippen LogP contribution in [0, 0.1) is 5.92 Å². The fourth-order valence-corrected chi connectivity index (χ4v) is 3.00. The number of nitrogens with zero attached hydrogens (tertiary/aromatic N) is 2. The molecule has 0 saturated heterocycles. The fourth-order valence-electron chi connectivity index (χ4n) is 2.29. The topological polar surface area (TPSA) is 85.0 Å². The average molecular weight is 322 g/mol. The van der Waals surface area contributed by atoms with Crippen LogP contribution in [-0.4, -0.2) is 17.0 Å². The molecule has 118 valence electrons. The summed E-state index contributed by atoms with van der Waals surface area (Å²) in [6.45, 7) is 4.60. The Morgan fingerprint density at radius 3 is 2.86 bits per heavy atom. The number of fused-ring (bicyclic) bond motifs is 1. The number of thioether (sulfide) groups is 1. The molecule has 2 heterocycles. The van der Waals surface area contributed by atoms with Crippen molar-refractivity contribution < 1.29 is 19.6 Å². The minimum Gasteiger partial charge on any atom is -0.454 e. The Bertz CT molecular complexity index is 645. The van der Waals surface area contributed by atoms with Gasteiger partial charge in [0, 0.05) is 12.2 Å². The summed E-state index contributed by atoms with van der Waals surface area (Å²) in [6, 6.07) is 5.97. The van der Waals surface area contributed by atoms with E-state index < -0.39 is 0 Å². The number of hydrogen-bond acceptors (Lipinski definition) is 6. The van der Waals surface area contributed by atoms with Crippen molar-refractivity contribution in [2.24, 2.45) is 5.92 Å². The lowest BCUT2D eigenvalue weighted by Gasteiger charge is -2.05. The zero-order valence-electron chi connectivity index (χ0n) is 12.7. The summed E-state index contributed by atoms with van der Waals surface area (Å²) in [5.74, 6) is 3.49. The van der Waals surface area contributed by atoms with Gasteiger partial charge in [0.05, 0.1) is 0 Å². The van der Waals surface area contributed by atoms with Crippen LogP contribution in [0.15, 0.2) is 27.8 Å². The van der Waals surface area contributed by atoms with Gasteiger partial charge in [0.15, 0.2) is 17.5 Å². The van der Waals surface area contributed by atoms with Crippen molar-refractivity contribution in [1.29, 1.82) is 0 Å². The zero-order chi connectivity index (χ0) is 15.5. The first kappa shape index (κ1) is 15.2. The predicted molar refractivity (Wildman–Crippen MR) is 81.5 cm³/mol. The highest BCUT2D eigenvalue weighted by Crippen LogP contribution is 2.34. The third-order valence-corrected chi connectivity index (χ3v) is 4.22. The molecule has 22 heavy (non-hydrogen) atoms. The van der Waals surface area contributed by atoms with E-state index in [2.05, 4.69) is 29.8 Å². The molecule has 1 aliphatic rings. The van der Waals surface area contributed by atoms with Crippen molar-refractivity contribution in [2.45, 2.75) is 37.3 Å². The summed E-state index contributed by atoms with van der Waals surface area (Å²) in [6.07, 6.45) is 0.939. The maximum atomic E-state index is 5.68. The highest BCUT2D eigenvalue weighted by atomic mass is 32.2. The Balaban J connectivity index is 1.59. The van der Waals surface area contributed by atoms with Gasteiger partial charge in [-0.3, -0.25) is 0 Å². The van der Waals surface area contributed by atoms with E-state index in [0.29, 0.717) is 23.8 Å². The normalized spacial score (nSPS) is 14.5.